The number of hydrogen-bond donors (Lipinski definition) is 0. The van der Waals surface area contributed by atoms with E-state index in [4.69, 9.17) is 4.74 Å². The van der Waals surface area contributed by atoms with Crippen molar-refractivity contribution in [1.29, 1.82) is 0 Å². The lowest BCUT2D eigenvalue weighted by Gasteiger charge is -2.27. The number of carbonyl (C=O) groups is 1. The van der Waals surface area contributed by atoms with Crippen LogP contribution in [0.3, 0.4) is 0 Å². The van der Waals surface area contributed by atoms with Crippen molar-refractivity contribution in [3.8, 4) is 0 Å². The number of anilines is 1. The van der Waals surface area contributed by atoms with Gasteiger partial charge in [0.15, 0.2) is 10.8 Å². The van der Waals surface area contributed by atoms with E-state index in [1.165, 1.54) is 23.5 Å². The highest BCUT2D eigenvalue weighted by Gasteiger charge is 2.24. The van der Waals surface area contributed by atoms with E-state index in [0.717, 1.165) is 49.7 Å². The van der Waals surface area contributed by atoms with Crippen LogP contribution in [-0.2, 0) is 11.8 Å². The first-order valence-electron chi connectivity index (χ1n) is 9.70. The van der Waals surface area contributed by atoms with E-state index in [2.05, 4.69) is 15.0 Å². The first kappa shape index (κ1) is 22.6. The molecule has 162 valence electrons. The zero-order valence-electron chi connectivity index (χ0n) is 17.0. The van der Waals surface area contributed by atoms with E-state index in [0.29, 0.717) is 22.9 Å². The Kier molecular flexibility index (Phi) is 7.41. The Morgan fingerprint density at radius 1 is 1.30 bits per heavy atom. The summed E-state index contributed by atoms with van der Waals surface area (Å²) in [6.07, 6.45) is 0.807. The van der Waals surface area contributed by atoms with Crippen LogP contribution in [0.5, 0.6) is 0 Å². The number of carbonyl (C=O) groups excluding carboxylic acids is 1. The summed E-state index contributed by atoms with van der Waals surface area (Å²) in [5.41, 5.74) is 1.99. The second-order valence-corrected chi connectivity index (χ2v) is 8.18. The van der Waals surface area contributed by atoms with Crippen LogP contribution in [0.15, 0.2) is 24.3 Å². The highest BCUT2D eigenvalue weighted by atomic mass is 35.5. The van der Waals surface area contributed by atoms with E-state index in [1.54, 1.807) is 21.7 Å². The van der Waals surface area contributed by atoms with Gasteiger partial charge in [0, 0.05) is 38.9 Å². The predicted octanol–water partition coefficient (Wildman–Crippen LogP) is 3.27. The fourth-order valence-electron chi connectivity index (χ4n) is 3.37. The second kappa shape index (κ2) is 9.82. The van der Waals surface area contributed by atoms with Gasteiger partial charge >= 0.3 is 0 Å². The number of fused-ring (bicyclic) bond motifs is 1. The summed E-state index contributed by atoms with van der Waals surface area (Å²) in [6.45, 7) is 6.63. The van der Waals surface area contributed by atoms with Crippen molar-refractivity contribution < 1.29 is 13.9 Å². The molecule has 1 aromatic carbocycles. The van der Waals surface area contributed by atoms with Gasteiger partial charge in [0.1, 0.15) is 5.82 Å². The largest absolute Gasteiger partial charge is 0.379 e. The number of ether oxygens (including phenoxy) is 1. The molecule has 1 fully saturated rings. The zero-order valence-corrected chi connectivity index (χ0v) is 18.6. The molecule has 0 spiro atoms. The Hall–Kier alpha value is -2.07. The molecule has 0 aliphatic carbocycles. The number of aryl methyl sites for hydroxylation is 2. The van der Waals surface area contributed by atoms with Crippen molar-refractivity contribution in [3.05, 3.63) is 41.5 Å². The summed E-state index contributed by atoms with van der Waals surface area (Å²) in [4.78, 5) is 21.8. The number of aromatic nitrogens is 3. The molecule has 4 rings (SSSR count). The molecule has 0 N–H and O–H groups in total. The highest BCUT2D eigenvalue weighted by molar-refractivity contribution is 7.22. The first-order chi connectivity index (χ1) is 14.0. The molecule has 1 saturated heterocycles. The van der Waals surface area contributed by atoms with Crippen LogP contribution in [0.1, 0.15) is 22.6 Å². The number of thiazole rings is 1. The van der Waals surface area contributed by atoms with Gasteiger partial charge in [-0.3, -0.25) is 19.3 Å². The number of morpholine rings is 1. The fraction of sp³-hybridized carbons (Fsp3) is 0.450. The molecule has 1 amide bonds. The van der Waals surface area contributed by atoms with Gasteiger partial charge in [0.2, 0.25) is 0 Å². The van der Waals surface area contributed by atoms with E-state index in [9.17, 15) is 9.18 Å². The van der Waals surface area contributed by atoms with E-state index in [1.807, 2.05) is 14.0 Å². The first-order valence-corrected chi connectivity index (χ1v) is 10.5. The summed E-state index contributed by atoms with van der Waals surface area (Å²) in [5.74, 6) is -0.492. The molecule has 7 nitrogen and oxygen atoms in total. The van der Waals surface area contributed by atoms with E-state index < -0.39 is 0 Å². The van der Waals surface area contributed by atoms with Gasteiger partial charge in [0.25, 0.3) is 5.91 Å². The Bertz CT molecular complexity index is 998. The van der Waals surface area contributed by atoms with Crippen LogP contribution in [0, 0.1) is 12.7 Å². The Balaban J connectivity index is 0.00000256. The summed E-state index contributed by atoms with van der Waals surface area (Å²) in [5, 5.41) is 4.91. The van der Waals surface area contributed by atoms with Crippen LogP contribution < -0.4 is 4.90 Å². The summed E-state index contributed by atoms with van der Waals surface area (Å²) >= 11 is 1.33. The predicted molar refractivity (Wildman–Crippen MR) is 118 cm³/mol. The number of rotatable bonds is 6. The highest BCUT2D eigenvalue weighted by Crippen LogP contribution is 2.30. The average molecular weight is 454 g/mol. The Labute approximate surface area is 184 Å². The van der Waals surface area contributed by atoms with E-state index in [-0.39, 0.29) is 24.1 Å². The van der Waals surface area contributed by atoms with Gasteiger partial charge in [-0.25, -0.2) is 9.37 Å². The second-order valence-electron chi connectivity index (χ2n) is 7.17. The van der Waals surface area contributed by atoms with Gasteiger partial charge in [-0.1, -0.05) is 11.3 Å². The minimum absolute atomic E-state index is 0. The lowest BCUT2D eigenvalue weighted by atomic mass is 10.3. The minimum Gasteiger partial charge on any atom is -0.379 e. The molecule has 3 aromatic rings. The minimum atomic E-state index is -0.307. The maximum Gasteiger partial charge on any atom is 0.280 e. The maximum absolute atomic E-state index is 13.6. The van der Waals surface area contributed by atoms with Gasteiger partial charge in [0.05, 0.1) is 23.4 Å². The van der Waals surface area contributed by atoms with Crippen LogP contribution in [0.2, 0.25) is 0 Å². The number of benzene rings is 1. The third-order valence-electron chi connectivity index (χ3n) is 5.11. The molecule has 0 radical (unpaired) electrons. The Morgan fingerprint density at radius 3 is 2.77 bits per heavy atom. The Morgan fingerprint density at radius 2 is 2.07 bits per heavy atom. The SMILES string of the molecule is Cc1cc(C(=O)N(CCCN2CCOCC2)c2nc3ccc(F)cc3s2)nn1C.Cl. The standard InChI is InChI=1S/C20H24FN5O2S.ClH/c1-14-12-17(23-24(14)2)19(27)26(7-3-6-25-8-10-28-11-9-25)20-22-16-5-4-15(21)13-18(16)29-20;/h4-5,12-13H,3,6-11H2,1-2H3;1H. The van der Waals surface area contributed by atoms with Crippen molar-refractivity contribution in [2.24, 2.45) is 7.05 Å². The summed E-state index contributed by atoms with van der Waals surface area (Å²) in [7, 11) is 1.81. The average Bonchev–Trinajstić information content (AvgIpc) is 3.28. The number of amides is 1. The molecule has 0 unspecified atom stereocenters. The third-order valence-corrected chi connectivity index (χ3v) is 6.15. The molecule has 0 saturated carbocycles. The monoisotopic (exact) mass is 453 g/mol. The van der Waals surface area contributed by atoms with Crippen molar-refractivity contribution in [3.63, 3.8) is 0 Å². The molecule has 0 bridgehead atoms. The van der Waals surface area contributed by atoms with Crippen molar-refractivity contribution >= 4 is 45.0 Å². The molecule has 0 atom stereocenters. The molecular formula is C20H25ClFN5O2S. The summed E-state index contributed by atoms with van der Waals surface area (Å²) < 4.78 is 21.4. The normalized spacial score (nSPS) is 14.6. The molecule has 10 heteroatoms. The van der Waals surface area contributed by atoms with Crippen LogP contribution in [-0.4, -0.2) is 65.0 Å². The lowest BCUT2D eigenvalue weighted by Crippen LogP contribution is -2.39. The van der Waals surface area contributed by atoms with Crippen LogP contribution in [0.4, 0.5) is 9.52 Å². The van der Waals surface area contributed by atoms with Gasteiger partial charge in [-0.2, -0.15) is 5.10 Å². The van der Waals surface area contributed by atoms with Crippen LogP contribution in [0.25, 0.3) is 10.2 Å². The molecule has 2 aromatic heterocycles. The summed E-state index contributed by atoms with van der Waals surface area (Å²) in [6, 6.07) is 6.27. The zero-order chi connectivity index (χ0) is 20.4. The number of nitrogens with zero attached hydrogens (tertiary/aromatic N) is 5. The molecular weight excluding hydrogens is 429 g/mol. The maximum atomic E-state index is 13.6. The lowest BCUT2D eigenvalue weighted by molar-refractivity contribution is 0.0376. The topological polar surface area (TPSA) is 63.5 Å². The van der Waals surface area contributed by atoms with Crippen LogP contribution >= 0.6 is 23.7 Å². The van der Waals surface area contributed by atoms with Crippen molar-refractivity contribution in [2.75, 3.05) is 44.3 Å². The van der Waals surface area contributed by atoms with Crippen molar-refractivity contribution in [1.82, 2.24) is 19.7 Å². The van der Waals surface area contributed by atoms with Crippen molar-refractivity contribution in [2.45, 2.75) is 13.3 Å². The van der Waals surface area contributed by atoms with E-state index >= 15 is 0 Å². The smallest absolute Gasteiger partial charge is 0.280 e. The number of hydrogen-bond acceptors (Lipinski definition) is 6. The quantitative estimate of drug-likeness (QED) is 0.573. The van der Waals surface area contributed by atoms with Gasteiger partial charge in [-0.15, -0.1) is 12.4 Å². The third kappa shape index (κ3) is 4.97. The van der Waals surface area contributed by atoms with Gasteiger partial charge in [-0.05, 0) is 37.6 Å². The molecule has 1 aliphatic heterocycles. The fourth-order valence-corrected chi connectivity index (χ4v) is 4.38. The molecule has 1 aliphatic rings. The molecule has 30 heavy (non-hydrogen) atoms. The molecule has 3 heterocycles. The van der Waals surface area contributed by atoms with Gasteiger partial charge < -0.3 is 4.74 Å². The number of halogens is 2.